The molecule has 2 N–H and O–H groups in total. The SMILES string of the molecule is O=C(C[C@]1(O)C(=O)Nc2ccccc21)c1ccccc1F. The Kier molecular flexibility index (Phi) is 3.07. The summed E-state index contributed by atoms with van der Waals surface area (Å²) in [4.78, 5) is 24.2. The smallest absolute Gasteiger partial charge is 0.261 e. The normalized spacial score (nSPS) is 20.0. The standard InChI is InChI=1S/C16H12FNO3/c17-12-7-3-1-5-10(12)14(19)9-16(21)11-6-2-4-8-13(11)18-15(16)20/h1-8,21H,9H2,(H,18,20)/t16-/m1/s1. The van der Waals surface area contributed by atoms with Crippen LogP contribution in [0.4, 0.5) is 10.1 Å². The number of anilines is 1. The van der Waals surface area contributed by atoms with Gasteiger partial charge in [0, 0.05) is 11.3 Å². The van der Waals surface area contributed by atoms with Crippen LogP contribution in [0.15, 0.2) is 48.5 Å². The molecule has 0 bridgehead atoms. The van der Waals surface area contributed by atoms with Crippen LogP contribution in [-0.2, 0) is 10.4 Å². The molecule has 1 heterocycles. The maximum Gasteiger partial charge on any atom is 0.261 e. The lowest BCUT2D eigenvalue weighted by molar-refractivity contribution is -0.133. The Morgan fingerprint density at radius 1 is 1.14 bits per heavy atom. The largest absolute Gasteiger partial charge is 0.375 e. The molecule has 0 saturated heterocycles. The van der Waals surface area contributed by atoms with Crippen molar-refractivity contribution in [2.45, 2.75) is 12.0 Å². The van der Waals surface area contributed by atoms with E-state index in [1.807, 2.05) is 0 Å². The van der Waals surface area contributed by atoms with Crippen molar-refractivity contribution in [3.8, 4) is 0 Å². The summed E-state index contributed by atoms with van der Waals surface area (Å²) in [5.74, 6) is -1.96. The molecular formula is C16H12FNO3. The molecule has 21 heavy (non-hydrogen) atoms. The average Bonchev–Trinajstić information content (AvgIpc) is 2.71. The van der Waals surface area contributed by atoms with Gasteiger partial charge in [-0.15, -0.1) is 0 Å². The summed E-state index contributed by atoms with van der Waals surface area (Å²) in [6, 6.07) is 12.1. The van der Waals surface area contributed by atoms with Crippen LogP contribution in [0.1, 0.15) is 22.3 Å². The number of benzene rings is 2. The molecule has 1 atom stereocenters. The van der Waals surface area contributed by atoms with Gasteiger partial charge in [-0.1, -0.05) is 30.3 Å². The molecule has 0 aliphatic carbocycles. The lowest BCUT2D eigenvalue weighted by Gasteiger charge is -2.20. The van der Waals surface area contributed by atoms with Crippen molar-refractivity contribution in [3.63, 3.8) is 0 Å². The van der Waals surface area contributed by atoms with Gasteiger partial charge in [0.15, 0.2) is 11.4 Å². The lowest BCUT2D eigenvalue weighted by atomic mass is 9.88. The highest BCUT2D eigenvalue weighted by atomic mass is 19.1. The molecule has 1 amide bonds. The fourth-order valence-corrected chi connectivity index (χ4v) is 2.49. The van der Waals surface area contributed by atoms with Crippen LogP contribution in [-0.4, -0.2) is 16.8 Å². The van der Waals surface area contributed by atoms with E-state index >= 15 is 0 Å². The molecule has 0 unspecified atom stereocenters. The molecule has 0 fully saturated rings. The maximum atomic E-state index is 13.6. The number of carbonyl (C=O) groups is 2. The minimum Gasteiger partial charge on any atom is -0.375 e. The van der Waals surface area contributed by atoms with Gasteiger partial charge in [0.05, 0.1) is 12.0 Å². The third-order valence-electron chi connectivity index (χ3n) is 3.59. The topological polar surface area (TPSA) is 66.4 Å². The third-order valence-corrected chi connectivity index (χ3v) is 3.59. The second-order valence-corrected chi connectivity index (χ2v) is 4.94. The highest BCUT2D eigenvalue weighted by Gasteiger charge is 2.46. The van der Waals surface area contributed by atoms with Gasteiger partial charge in [-0.05, 0) is 18.2 Å². The number of Topliss-reactive ketones (excluding diaryl/α,β-unsaturated/α-hetero) is 1. The monoisotopic (exact) mass is 285 g/mol. The van der Waals surface area contributed by atoms with E-state index in [1.54, 1.807) is 24.3 Å². The zero-order chi connectivity index (χ0) is 15.0. The van der Waals surface area contributed by atoms with Gasteiger partial charge < -0.3 is 10.4 Å². The highest BCUT2D eigenvalue weighted by Crippen LogP contribution is 2.38. The maximum absolute atomic E-state index is 13.6. The molecule has 0 aromatic heterocycles. The molecule has 2 aromatic carbocycles. The minimum absolute atomic E-state index is 0.136. The summed E-state index contributed by atoms with van der Waals surface area (Å²) < 4.78 is 13.6. The van der Waals surface area contributed by atoms with Crippen molar-refractivity contribution in [1.82, 2.24) is 0 Å². The number of hydrogen-bond donors (Lipinski definition) is 2. The van der Waals surface area contributed by atoms with Gasteiger partial charge in [0.2, 0.25) is 0 Å². The first-order chi connectivity index (χ1) is 10.0. The third kappa shape index (κ3) is 2.11. The molecule has 0 saturated carbocycles. The zero-order valence-corrected chi connectivity index (χ0v) is 11.0. The fraction of sp³-hybridized carbons (Fsp3) is 0.125. The second kappa shape index (κ2) is 4.79. The lowest BCUT2D eigenvalue weighted by Crippen LogP contribution is -2.36. The van der Waals surface area contributed by atoms with Crippen LogP contribution in [0.3, 0.4) is 0 Å². The van der Waals surface area contributed by atoms with E-state index in [0.717, 1.165) is 0 Å². The fourth-order valence-electron chi connectivity index (χ4n) is 2.49. The summed E-state index contributed by atoms with van der Waals surface area (Å²) in [6.45, 7) is 0. The number of amides is 1. The van der Waals surface area contributed by atoms with Crippen molar-refractivity contribution in [2.24, 2.45) is 0 Å². The predicted molar refractivity (Wildman–Crippen MR) is 74.3 cm³/mol. The number of para-hydroxylation sites is 1. The van der Waals surface area contributed by atoms with Crippen LogP contribution in [0.5, 0.6) is 0 Å². The molecule has 3 rings (SSSR count). The van der Waals surface area contributed by atoms with Crippen LogP contribution < -0.4 is 5.32 Å². The van der Waals surface area contributed by atoms with Crippen molar-refractivity contribution in [3.05, 3.63) is 65.5 Å². The summed E-state index contributed by atoms with van der Waals surface area (Å²) in [5.41, 5.74) is -1.30. The first kappa shape index (κ1) is 13.5. The molecule has 5 heteroatoms. The molecule has 4 nitrogen and oxygen atoms in total. The van der Waals surface area contributed by atoms with Gasteiger partial charge in [-0.25, -0.2) is 4.39 Å². The van der Waals surface area contributed by atoms with Crippen molar-refractivity contribution < 1.29 is 19.1 Å². The Hall–Kier alpha value is -2.53. The van der Waals surface area contributed by atoms with Gasteiger partial charge >= 0.3 is 0 Å². The molecule has 1 aliphatic heterocycles. The van der Waals surface area contributed by atoms with E-state index < -0.39 is 29.5 Å². The van der Waals surface area contributed by atoms with Crippen LogP contribution in [0.25, 0.3) is 0 Å². The van der Waals surface area contributed by atoms with E-state index in [-0.39, 0.29) is 5.56 Å². The Labute approximate surface area is 120 Å². The molecule has 0 radical (unpaired) electrons. The van der Waals surface area contributed by atoms with E-state index in [4.69, 9.17) is 0 Å². The van der Waals surface area contributed by atoms with E-state index in [2.05, 4.69) is 5.32 Å². The van der Waals surface area contributed by atoms with Gasteiger partial charge in [-0.2, -0.15) is 0 Å². The van der Waals surface area contributed by atoms with Crippen molar-refractivity contribution in [2.75, 3.05) is 5.32 Å². The average molecular weight is 285 g/mol. The van der Waals surface area contributed by atoms with Gasteiger partial charge in [0.1, 0.15) is 5.82 Å². The van der Waals surface area contributed by atoms with Crippen molar-refractivity contribution >= 4 is 17.4 Å². The van der Waals surface area contributed by atoms with Gasteiger partial charge in [-0.3, -0.25) is 9.59 Å². The summed E-state index contributed by atoms with van der Waals surface area (Å²) in [7, 11) is 0. The molecular weight excluding hydrogens is 273 g/mol. The number of nitrogens with one attached hydrogen (secondary N) is 1. The van der Waals surface area contributed by atoms with Crippen LogP contribution in [0.2, 0.25) is 0 Å². The number of carbonyl (C=O) groups excluding carboxylic acids is 2. The summed E-state index contributed by atoms with van der Waals surface area (Å²) >= 11 is 0. The number of rotatable bonds is 3. The first-order valence-electron chi connectivity index (χ1n) is 6.43. The van der Waals surface area contributed by atoms with Gasteiger partial charge in [0.25, 0.3) is 5.91 Å². The van der Waals surface area contributed by atoms with E-state index in [9.17, 15) is 19.1 Å². The highest BCUT2D eigenvalue weighted by molar-refractivity contribution is 6.09. The number of hydrogen-bond acceptors (Lipinski definition) is 3. The molecule has 2 aromatic rings. The molecule has 1 aliphatic rings. The Bertz CT molecular complexity index is 744. The van der Waals surface area contributed by atoms with Crippen molar-refractivity contribution in [1.29, 1.82) is 0 Å². The Morgan fingerprint density at radius 3 is 2.57 bits per heavy atom. The number of fused-ring (bicyclic) bond motifs is 1. The Morgan fingerprint density at radius 2 is 1.81 bits per heavy atom. The minimum atomic E-state index is -1.96. The van der Waals surface area contributed by atoms with E-state index in [0.29, 0.717) is 11.3 Å². The predicted octanol–water partition coefficient (Wildman–Crippen LogP) is 2.24. The molecule has 106 valence electrons. The van der Waals surface area contributed by atoms with Crippen LogP contribution in [0, 0.1) is 5.82 Å². The van der Waals surface area contributed by atoms with E-state index in [1.165, 1.54) is 24.3 Å². The number of ketones is 1. The zero-order valence-electron chi connectivity index (χ0n) is 11.0. The Balaban J connectivity index is 1.96. The second-order valence-electron chi connectivity index (χ2n) is 4.94. The first-order valence-corrected chi connectivity index (χ1v) is 6.43. The number of halogens is 1. The summed E-state index contributed by atoms with van der Waals surface area (Å²) in [6.07, 6.45) is -0.503. The van der Waals surface area contributed by atoms with Crippen LogP contribution >= 0.6 is 0 Å². The summed E-state index contributed by atoms with van der Waals surface area (Å²) in [5, 5.41) is 13.1. The number of aliphatic hydroxyl groups is 1. The quantitative estimate of drug-likeness (QED) is 0.850. The molecule has 0 spiro atoms.